The number of carbonyl (C=O) groups is 1. The molecule has 92 valence electrons. The van der Waals surface area contributed by atoms with Gasteiger partial charge in [0.05, 0.1) is 6.42 Å². The summed E-state index contributed by atoms with van der Waals surface area (Å²) in [5.41, 5.74) is 1.57. The standard InChI is InChI=1S/C14H11Cl2NO/c15-11-4-1-3-10(7-11)8-14(18)17-13-6-2-5-12(16)9-13/h1-7,9H,8H2,(H,17,18). The Bertz CT molecular complexity index is 520. The Balaban J connectivity index is 2.01. The van der Waals surface area contributed by atoms with E-state index in [2.05, 4.69) is 5.32 Å². The number of hydrogen-bond donors (Lipinski definition) is 1. The maximum Gasteiger partial charge on any atom is 0.228 e. The number of carbonyl (C=O) groups excluding carboxylic acids is 1. The van der Waals surface area contributed by atoms with Gasteiger partial charge in [-0.2, -0.15) is 0 Å². The lowest BCUT2D eigenvalue weighted by atomic mass is 10.1. The molecule has 4 heteroatoms. The molecule has 0 aliphatic carbocycles. The van der Waals surface area contributed by atoms with Crippen LogP contribution in [0.2, 0.25) is 10.0 Å². The van der Waals surface area contributed by atoms with Gasteiger partial charge in [-0.15, -0.1) is 0 Å². The van der Waals surface area contributed by atoms with Crippen molar-refractivity contribution in [3.05, 3.63) is 64.1 Å². The van der Waals surface area contributed by atoms with Crippen molar-refractivity contribution in [1.82, 2.24) is 0 Å². The van der Waals surface area contributed by atoms with Crippen molar-refractivity contribution in [3.8, 4) is 0 Å². The molecule has 0 fully saturated rings. The Kier molecular flexibility index (Phi) is 4.24. The number of hydrogen-bond acceptors (Lipinski definition) is 1. The molecule has 0 saturated carbocycles. The van der Waals surface area contributed by atoms with E-state index in [1.807, 2.05) is 12.1 Å². The lowest BCUT2D eigenvalue weighted by Gasteiger charge is -2.05. The molecule has 0 spiro atoms. The average Bonchev–Trinajstić information content (AvgIpc) is 2.28. The van der Waals surface area contributed by atoms with Gasteiger partial charge in [0.15, 0.2) is 0 Å². The van der Waals surface area contributed by atoms with Crippen LogP contribution in [0.15, 0.2) is 48.5 Å². The lowest BCUT2D eigenvalue weighted by molar-refractivity contribution is -0.115. The van der Waals surface area contributed by atoms with Gasteiger partial charge in [-0.1, -0.05) is 41.4 Å². The molecule has 2 rings (SSSR count). The first kappa shape index (κ1) is 12.9. The summed E-state index contributed by atoms with van der Waals surface area (Å²) >= 11 is 11.7. The van der Waals surface area contributed by atoms with Crippen molar-refractivity contribution in [1.29, 1.82) is 0 Å². The zero-order valence-electron chi connectivity index (χ0n) is 9.49. The third-order valence-electron chi connectivity index (χ3n) is 2.36. The Morgan fingerprint density at radius 2 is 1.67 bits per heavy atom. The second-order valence-corrected chi connectivity index (χ2v) is 4.74. The SMILES string of the molecule is O=C(Cc1cccc(Cl)c1)Nc1cccc(Cl)c1. The van der Waals surface area contributed by atoms with E-state index < -0.39 is 0 Å². The normalized spacial score (nSPS) is 10.1. The van der Waals surface area contributed by atoms with Gasteiger partial charge in [0.1, 0.15) is 0 Å². The van der Waals surface area contributed by atoms with Crippen molar-refractivity contribution in [2.45, 2.75) is 6.42 Å². The number of halogens is 2. The summed E-state index contributed by atoms with van der Waals surface area (Å²) in [5, 5.41) is 4.01. The van der Waals surface area contributed by atoms with Crippen LogP contribution in [0.25, 0.3) is 0 Å². The molecule has 0 aliphatic rings. The molecule has 0 saturated heterocycles. The molecule has 0 unspecified atom stereocenters. The Morgan fingerprint density at radius 3 is 2.33 bits per heavy atom. The van der Waals surface area contributed by atoms with Crippen LogP contribution < -0.4 is 5.32 Å². The predicted octanol–water partition coefficient (Wildman–Crippen LogP) is 4.17. The zero-order valence-corrected chi connectivity index (χ0v) is 11.0. The summed E-state index contributed by atoms with van der Waals surface area (Å²) in [7, 11) is 0. The summed E-state index contributed by atoms with van der Waals surface area (Å²) in [6.07, 6.45) is 0.285. The molecule has 1 N–H and O–H groups in total. The quantitative estimate of drug-likeness (QED) is 0.898. The van der Waals surface area contributed by atoms with E-state index in [0.717, 1.165) is 5.56 Å². The van der Waals surface area contributed by atoms with E-state index in [-0.39, 0.29) is 12.3 Å². The molecule has 2 aromatic rings. The minimum atomic E-state index is -0.0977. The van der Waals surface area contributed by atoms with Crippen LogP contribution in [0.4, 0.5) is 5.69 Å². The molecule has 18 heavy (non-hydrogen) atoms. The summed E-state index contributed by atoms with van der Waals surface area (Å²) in [5.74, 6) is -0.0977. The van der Waals surface area contributed by atoms with Crippen LogP contribution in [0.1, 0.15) is 5.56 Å². The fourth-order valence-electron chi connectivity index (χ4n) is 1.60. The highest BCUT2D eigenvalue weighted by Gasteiger charge is 2.04. The van der Waals surface area contributed by atoms with E-state index in [4.69, 9.17) is 23.2 Å². The first-order valence-electron chi connectivity index (χ1n) is 5.43. The maximum absolute atomic E-state index is 11.8. The molecule has 1 amide bonds. The van der Waals surface area contributed by atoms with Gasteiger partial charge >= 0.3 is 0 Å². The average molecular weight is 280 g/mol. The van der Waals surface area contributed by atoms with Crippen molar-refractivity contribution < 1.29 is 4.79 Å². The van der Waals surface area contributed by atoms with Crippen LogP contribution in [0.5, 0.6) is 0 Å². The highest BCUT2D eigenvalue weighted by Crippen LogP contribution is 2.16. The summed E-state index contributed by atoms with van der Waals surface area (Å²) in [4.78, 5) is 11.8. The van der Waals surface area contributed by atoms with E-state index in [9.17, 15) is 4.79 Å². The topological polar surface area (TPSA) is 29.1 Å². The number of rotatable bonds is 3. The second kappa shape index (κ2) is 5.89. The van der Waals surface area contributed by atoms with E-state index >= 15 is 0 Å². The van der Waals surface area contributed by atoms with Gasteiger partial charge in [0, 0.05) is 15.7 Å². The molecular weight excluding hydrogens is 269 g/mol. The fourth-order valence-corrected chi connectivity index (χ4v) is 2.01. The van der Waals surface area contributed by atoms with E-state index in [1.165, 1.54) is 0 Å². The lowest BCUT2D eigenvalue weighted by Crippen LogP contribution is -2.14. The monoisotopic (exact) mass is 279 g/mol. The molecule has 2 aromatic carbocycles. The second-order valence-electron chi connectivity index (χ2n) is 3.87. The number of nitrogens with one attached hydrogen (secondary N) is 1. The van der Waals surface area contributed by atoms with Crippen LogP contribution in [-0.4, -0.2) is 5.91 Å². The number of anilines is 1. The summed E-state index contributed by atoms with van der Waals surface area (Å²) in [6.45, 7) is 0. The molecule has 0 aliphatic heterocycles. The Morgan fingerprint density at radius 1 is 1.00 bits per heavy atom. The van der Waals surface area contributed by atoms with Gasteiger partial charge < -0.3 is 5.32 Å². The van der Waals surface area contributed by atoms with Gasteiger partial charge in [0.2, 0.25) is 5.91 Å². The van der Waals surface area contributed by atoms with Gasteiger partial charge in [0.25, 0.3) is 0 Å². The molecule has 0 radical (unpaired) electrons. The number of amides is 1. The minimum Gasteiger partial charge on any atom is -0.326 e. The van der Waals surface area contributed by atoms with E-state index in [1.54, 1.807) is 36.4 Å². The Hall–Kier alpha value is -1.51. The molecule has 0 atom stereocenters. The van der Waals surface area contributed by atoms with Gasteiger partial charge in [-0.3, -0.25) is 4.79 Å². The summed E-state index contributed by atoms with van der Waals surface area (Å²) in [6, 6.07) is 14.3. The van der Waals surface area contributed by atoms with Crippen molar-refractivity contribution in [3.63, 3.8) is 0 Å². The molecule has 0 heterocycles. The smallest absolute Gasteiger partial charge is 0.228 e. The highest BCUT2D eigenvalue weighted by atomic mass is 35.5. The molecule has 2 nitrogen and oxygen atoms in total. The third kappa shape index (κ3) is 3.76. The molecule has 0 aromatic heterocycles. The van der Waals surface area contributed by atoms with Crippen LogP contribution in [-0.2, 0) is 11.2 Å². The van der Waals surface area contributed by atoms with Gasteiger partial charge in [-0.25, -0.2) is 0 Å². The van der Waals surface area contributed by atoms with E-state index in [0.29, 0.717) is 15.7 Å². The fraction of sp³-hybridized carbons (Fsp3) is 0.0714. The van der Waals surface area contributed by atoms with Crippen LogP contribution in [0.3, 0.4) is 0 Å². The zero-order chi connectivity index (χ0) is 13.0. The molecule has 0 bridgehead atoms. The van der Waals surface area contributed by atoms with Crippen LogP contribution >= 0.6 is 23.2 Å². The van der Waals surface area contributed by atoms with Gasteiger partial charge in [-0.05, 0) is 35.9 Å². The molecular formula is C14H11Cl2NO. The Labute approximate surface area is 116 Å². The first-order chi connectivity index (χ1) is 8.63. The summed E-state index contributed by atoms with van der Waals surface area (Å²) < 4.78 is 0. The number of benzene rings is 2. The minimum absolute atomic E-state index is 0.0977. The van der Waals surface area contributed by atoms with Crippen molar-refractivity contribution >= 4 is 34.8 Å². The van der Waals surface area contributed by atoms with Crippen molar-refractivity contribution in [2.75, 3.05) is 5.32 Å². The largest absolute Gasteiger partial charge is 0.326 e. The van der Waals surface area contributed by atoms with Crippen LogP contribution in [0, 0.1) is 0 Å². The highest BCUT2D eigenvalue weighted by molar-refractivity contribution is 6.31. The third-order valence-corrected chi connectivity index (χ3v) is 2.83. The maximum atomic E-state index is 11.8. The first-order valence-corrected chi connectivity index (χ1v) is 6.19. The van der Waals surface area contributed by atoms with Crippen molar-refractivity contribution in [2.24, 2.45) is 0 Å². The predicted molar refractivity (Wildman–Crippen MR) is 75.2 cm³/mol.